The maximum atomic E-state index is 3.73. The van der Waals surface area contributed by atoms with E-state index in [0.29, 0.717) is 0 Å². The molecule has 0 aliphatic carbocycles. The molecule has 0 radical (unpaired) electrons. The lowest BCUT2D eigenvalue weighted by molar-refractivity contribution is 0.939. The summed E-state index contributed by atoms with van der Waals surface area (Å²) in [5.74, 6) is 2.44. The van der Waals surface area contributed by atoms with Crippen LogP contribution >= 0.6 is 0 Å². The molecule has 34 valence electrons. The lowest BCUT2D eigenvalue weighted by Crippen LogP contribution is -1.68. The van der Waals surface area contributed by atoms with E-state index in [4.69, 9.17) is 0 Å². The smallest absolute Gasteiger partial charge is 0.0481 e. The van der Waals surface area contributed by atoms with Crippen LogP contribution in [-0.4, -0.2) is 12.4 Å². The summed E-state index contributed by atoms with van der Waals surface area (Å²) in [7, 11) is 0. The summed E-state index contributed by atoms with van der Waals surface area (Å²) in [6, 6.07) is 0. The van der Waals surface area contributed by atoms with Crippen molar-refractivity contribution in [1.29, 1.82) is 0 Å². The zero-order valence-electron chi connectivity index (χ0n) is 4.07. The van der Waals surface area contributed by atoms with Crippen molar-refractivity contribution in [2.45, 2.75) is 13.3 Å². The maximum Gasteiger partial charge on any atom is 0.0481 e. The fourth-order valence-corrected chi connectivity index (χ4v) is 0.191. The molecule has 0 heterocycles. The number of aliphatic imine (C=N–C) groups is 1. The van der Waals surface area contributed by atoms with Crippen LogP contribution in [-0.2, 0) is 0 Å². The zero-order valence-corrected chi connectivity index (χ0v) is 4.07. The van der Waals surface area contributed by atoms with E-state index >= 15 is 0 Å². The minimum atomic E-state index is 0.865. The van der Waals surface area contributed by atoms with Gasteiger partial charge in [0.15, 0.2) is 0 Å². The van der Waals surface area contributed by atoms with Gasteiger partial charge in [-0.1, -0.05) is 6.92 Å². The van der Waals surface area contributed by atoms with E-state index < -0.39 is 0 Å². The monoisotopic (exact) mass is 83.1 g/mol. The van der Waals surface area contributed by atoms with E-state index in [1.807, 2.05) is 0 Å². The molecule has 0 atom stereocenters. The van der Waals surface area contributed by atoms with Crippen LogP contribution in [0, 0.1) is 0 Å². The third-order valence-corrected chi connectivity index (χ3v) is 0.447. The molecule has 0 aliphatic heterocycles. The van der Waals surface area contributed by atoms with E-state index in [-0.39, 0.29) is 0 Å². The zero-order chi connectivity index (χ0) is 4.83. The summed E-state index contributed by atoms with van der Waals surface area (Å²) in [6.45, 7) is 6.24. The summed E-state index contributed by atoms with van der Waals surface area (Å²) < 4.78 is 0. The van der Waals surface area contributed by atoms with Crippen molar-refractivity contribution in [1.82, 2.24) is 0 Å². The fraction of sp³-hybridized carbons (Fsp3) is 0.600. The predicted molar refractivity (Wildman–Crippen MR) is 28.2 cm³/mol. The first kappa shape index (κ1) is 5.45. The standard InChI is InChI=1S/C5H9N/c1-3-5-6-4-2/h2-3,5H2,1H3. The molecule has 0 unspecified atom stereocenters. The molecule has 0 bridgehead atoms. The largest absolute Gasteiger partial charge is 0.244 e. The molecule has 0 amide bonds. The van der Waals surface area contributed by atoms with E-state index in [1.54, 1.807) is 0 Å². The molecule has 0 rings (SSSR count). The van der Waals surface area contributed by atoms with Crippen molar-refractivity contribution in [3.63, 3.8) is 0 Å². The molecule has 6 heavy (non-hydrogen) atoms. The first-order valence-corrected chi connectivity index (χ1v) is 2.10. The Morgan fingerprint density at radius 2 is 2.50 bits per heavy atom. The van der Waals surface area contributed by atoms with Gasteiger partial charge in [-0.3, -0.25) is 0 Å². The lowest BCUT2D eigenvalue weighted by Gasteiger charge is -1.74. The van der Waals surface area contributed by atoms with E-state index in [9.17, 15) is 0 Å². The molecular weight excluding hydrogens is 74.1 g/mol. The Morgan fingerprint density at radius 1 is 1.83 bits per heavy atom. The Bertz CT molecular complexity index is 60.3. The molecular formula is C5H9N. The van der Waals surface area contributed by atoms with Gasteiger partial charge in [-0.25, -0.2) is 4.99 Å². The van der Waals surface area contributed by atoms with Gasteiger partial charge in [0.25, 0.3) is 0 Å². The SMILES string of the molecule is C=C=NCCC. The first-order chi connectivity index (χ1) is 2.91. The van der Waals surface area contributed by atoms with Crippen molar-refractivity contribution in [2.75, 3.05) is 6.54 Å². The van der Waals surface area contributed by atoms with Gasteiger partial charge in [0.1, 0.15) is 0 Å². The third kappa shape index (κ3) is 3.45. The van der Waals surface area contributed by atoms with Crippen molar-refractivity contribution in [3.8, 4) is 0 Å². The Balaban J connectivity index is 2.86. The van der Waals surface area contributed by atoms with E-state index in [2.05, 4.69) is 24.4 Å². The Labute approximate surface area is 38.4 Å². The molecule has 0 saturated heterocycles. The first-order valence-electron chi connectivity index (χ1n) is 2.10. The van der Waals surface area contributed by atoms with Gasteiger partial charge >= 0.3 is 0 Å². The predicted octanol–water partition coefficient (Wildman–Crippen LogP) is 1.25. The van der Waals surface area contributed by atoms with Gasteiger partial charge in [0, 0.05) is 6.54 Å². The van der Waals surface area contributed by atoms with Gasteiger partial charge in [0.2, 0.25) is 0 Å². The second-order valence-corrected chi connectivity index (χ2v) is 1.04. The van der Waals surface area contributed by atoms with Crippen molar-refractivity contribution in [2.24, 2.45) is 4.99 Å². The molecule has 0 aliphatic rings. The van der Waals surface area contributed by atoms with E-state index in [0.717, 1.165) is 13.0 Å². The van der Waals surface area contributed by atoms with Crippen LogP contribution in [0.5, 0.6) is 0 Å². The second-order valence-electron chi connectivity index (χ2n) is 1.04. The molecule has 0 saturated carbocycles. The van der Waals surface area contributed by atoms with Gasteiger partial charge in [-0.05, 0) is 18.9 Å². The molecule has 0 aromatic rings. The average Bonchev–Trinajstić information content (AvgIpc) is 1.61. The van der Waals surface area contributed by atoms with Crippen LogP contribution < -0.4 is 0 Å². The molecule has 0 fully saturated rings. The molecule has 1 nitrogen and oxygen atoms in total. The number of hydrogen-bond donors (Lipinski definition) is 0. The summed E-state index contributed by atoms with van der Waals surface area (Å²) in [6.07, 6.45) is 1.09. The lowest BCUT2D eigenvalue weighted by atomic mass is 10.5. The summed E-state index contributed by atoms with van der Waals surface area (Å²) >= 11 is 0. The Kier molecular flexibility index (Phi) is 4.04. The highest BCUT2D eigenvalue weighted by atomic mass is 14.7. The number of rotatable bonds is 2. The summed E-state index contributed by atoms with van der Waals surface area (Å²) in [4.78, 5) is 3.73. The fourth-order valence-electron chi connectivity index (χ4n) is 0.191. The van der Waals surface area contributed by atoms with Gasteiger partial charge in [-0.15, -0.1) is 0 Å². The van der Waals surface area contributed by atoms with Crippen LogP contribution in [0.15, 0.2) is 11.6 Å². The minimum Gasteiger partial charge on any atom is -0.244 e. The Morgan fingerprint density at radius 3 is 2.67 bits per heavy atom. The van der Waals surface area contributed by atoms with Crippen LogP contribution in [0.4, 0.5) is 0 Å². The van der Waals surface area contributed by atoms with Gasteiger partial charge in [-0.2, -0.15) is 0 Å². The normalized spacial score (nSPS) is 6.83. The molecule has 1 heteroatoms. The quantitative estimate of drug-likeness (QED) is 0.445. The molecule has 0 spiro atoms. The van der Waals surface area contributed by atoms with Crippen LogP contribution in [0.2, 0.25) is 0 Å². The summed E-state index contributed by atoms with van der Waals surface area (Å²) in [5, 5.41) is 0. The van der Waals surface area contributed by atoms with Crippen LogP contribution in [0.3, 0.4) is 0 Å². The second kappa shape index (κ2) is 4.45. The van der Waals surface area contributed by atoms with E-state index in [1.165, 1.54) is 0 Å². The van der Waals surface area contributed by atoms with Gasteiger partial charge < -0.3 is 0 Å². The number of hydrogen-bond acceptors (Lipinski definition) is 1. The maximum absolute atomic E-state index is 3.73. The van der Waals surface area contributed by atoms with Crippen LogP contribution in [0.1, 0.15) is 13.3 Å². The molecule has 0 N–H and O–H groups in total. The van der Waals surface area contributed by atoms with Crippen molar-refractivity contribution < 1.29 is 0 Å². The summed E-state index contributed by atoms with van der Waals surface area (Å²) in [5.41, 5.74) is 0. The van der Waals surface area contributed by atoms with Gasteiger partial charge in [0.05, 0.1) is 0 Å². The highest BCUT2D eigenvalue weighted by molar-refractivity contribution is 5.46. The van der Waals surface area contributed by atoms with Crippen molar-refractivity contribution >= 4 is 5.87 Å². The molecule has 0 aromatic heterocycles. The highest BCUT2D eigenvalue weighted by Gasteiger charge is 1.64. The highest BCUT2D eigenvalue weighted by Crippen LogP contribution is 1.71. The average molecular weight is 83.1 g/mol. The number of nitrogens with zero attached hydrogens (tertiary/aromatic N) is 1. The minimum absolute atomic E-state index is 0.865. The Hall–Kier alpha value is -0.550. The third-order valence-electron chi connectivity index (χ3n) is 0.447. The molecule has 0 aromatic carbocycles. The van der Waals surface area contributed by atoms with Crippen LogP contribution in [0.25, 0.3) is 0 Å². The topological polar surface area (TPSA) is 12.4 Å². The van der Waals surface area contributed by atoms with Crippen molar-refractivity contribution in [3.05, 3.63) is 6.58 Å².